The number of nitrogens with zero attached hydrogens (tertiary/aromatic N) is 1. The fourth-order valence-corrected chi connectivity index (χ4v) is 3.02. The number of halogens is 2. The normalized spacial score (nSPS) is 11.0. The van der Waals surface area contributed by atoms with Gasteiger partial charge < -0.3 is 15.5 Å². The zero-order valence-electron chi connectivity index (χ0n) is 12.3. The Kier molecular flexibility index (Phi) is 6.37. The van der Waals surface area contributed by atoms with Crippen LogP contribution in [0, 0.1) is 11.3 Å². The summed E-state index contributed by atoms with van der Waals surface area (Å²) < 4.78 is 1.30. The van der Waals surface area contributed by atoms with Crippen LogP contribution in [-0.2, 0) is 6.54 Å². The predicted molar refractivity (Wildman–Crippen MR) is 105 cm³/mol. The minimum atomic E-state index is -0.225. The number of aromatic hydroxyl groups is 2. The molecule has 7 heteroatoms. The molecule has 0 aliphatic rings. The molecule has 0 unspecified atom stereocenters. The predicted octanol–water partition coefficient (Wildman–Crippen LogP) is 4.65. The van der Waals surface area contributed by atoms with Gasteiger partial charge in [0.15, 0.2) is 11.5 Å². The van der Waals surface area contributed by atoms with Gasteiger partial charge in [0, 0.05) is 11.0 Å². The van der Waals surface area contributed by atoms with Crippen LogP contribution in [-0.4, -0.2) is 15.2 Å². The molecule has 24 heavy (non-hydrogen) atoms. The zero-order chi connectivity index (χ0) is 17.7. The molecule has 2 aromatic carbocycles. The third-order valence-electron chi connectivity index (χ3n) is 3.08. The van der Waals surface area contributed by atoms with Gasteiger partial charge in [-0.1, -0.05) is 40.3 Å². The monoisotopic (exact) mass is 466 g/mol. The van der Waals surface area contributed by atoms with Crippen molar-refractivity contribution in [1.29, 1.82) is 5.26 Å². The number of hydrogen-bond acceptors (Lipinski definition) is 4. The largest absolute Gasteiger partial charge is 0.504 e. The molecule has 0 atom stereocenters. The lowest BCUT2D eigenvalue weighted by Gasteiger charge is -2.09. The van der Waals surface area contributed by atoms with E-state index in [9.17, 15) is 15.5 Å². The van der Waals surface area contributed by atoms with Gasteiger partial charge in [0.1, 0.15) is 11.1 Å². The summed E-state index contributed by atoms with van der Waals surface area (Å²) in [7, 11) is 0. The molecular formula is C17H12Br2N2O2S. The van der Waals surface area contributed by atoms with Gasteiger partial charge in [-0.15, -0.1) is 0 Å². The first-order valence-electron chi connectivity index (χ1n) is 6.76. The van der Waals surface area contributed by atoms with E-state index in [4.69, 9.17) is 12.2 Å². The molecule has 3 N–H and O–H groups in total. The van der Waals surface area contributed by atoms with Gasteiger partial charge in [-0.3, -0.25) is 0 Å². The molecule has 2 aromatic rings. The Hall–Kier alpha value is -1.88. The highest BCUT2D eigenvalue weighted by Gasteiger charge is 2.09. The van der Waals surface area contributed by atoms with Crippen molar-refractivity contribution in [2.75, 3.05) is 0 Å². The summed E-state index contributed by atoms with van der Waals surface area (Å²) in [4.78, 5) is 0.307. The Morgan fingerprint density at radius 3 is 2.62 bits per heavy atom. The van der Waals surface area contributed by atoms with Crippen molar-refractivity contribution in [2.45, 2.75) is 6.54 Å². The van der Waals surface area contributed by atoms with E-state index in [0.29, 0.717) is 27.1 Å². The fourth-order valence-electron chi connectivity index (χ4n) is 1.93. The number of rotatable bonds is 4. The molecule has 0 heterocycles. The summed E-state index contributed by atoms with van der Waals surface area (Å²) >= 11 is 11.8. The number of benzene rings is 2. The Bertz CT molecular complexity index is 837. The van der Waals surface area contributed by atoms with E-state index in [0.717, 1.165) is 10.0 Å². The summed E-state index contributed by atoms with van der Waals surface area (Å²) in [6.45, 7) is 0.308. The number of phenols is 2. The van der Waals surface area contributed by atoms with E-state index in [1.165, 1.54) is 6.07 Å². The summed E-state index contributed by atoms with van der Waals surface area (Å²) in [5, 5.41) is 31.4. The van der Waals surface area contributed by atoms with Gasteiger partial charge >= 0.3 is 0 Å². The summed E-state index contributed by atoms with van der Waals surface area (Å²) in [5.74, 6) is -0.439. The number of phenolic OH excluding ortho intramolecular Hbond substituents is 2. The van der Waals surface area contributed by atoms with E-state index in [2.05, 4.69) is 43.2 Å². The zero-order valence-corrected chi connectivity index (χ0v) is 16.2. The van der Waals surface area contributed by atoms with E-state index in [1.54, 1.807) is 12.1 Å². The maximum absolute atomic E-state index is 9.61. The second kappa shape index (κ2) is 8.29. The first-order valence-corrected chi connectivity index (χ1v) is 8.76. The lowest BCUT2D eigenvalue weighted by atomic mass is 10.1. The van der Waals surface area contributed by atoms with Gasteiger partial charge in [0.05, 0.1) is 10.0 Å². The van der Waals surface area contributed by atoms with Crippen molar-refractivity contribution in [3.8, 4) is 17.6 Å². The Morgan fingerprint density at radius 1 is 1.25 bits per heavy atom. The van der Waals surface area contributed by atoms with Crippen LogP contribution in [0.4, 0.5) is 0 Å². The maximum Gasteiger partial charge on any atom is 0.171 e. The molecule has 122 valence electrons. The standard InChI is InChI=1S/C17H12Br2N2O2S/c18-13-3-1-2-10(5-13)4-12(8-20)17(24)21-9-11-6-14(19)16(23)15(22)7-11/h1-7,22-23H,9H2,(H,21,24). The number of hydrogen-bond donors (Lipinski definition) is 3. The van der Waals surface area contributed by atoms with Crippen LogP contribution in [0.15, 0.2) is 50.9 Å². The molecule has 0 aromatic heterocycles. The van der Waals surface area contributed by atoms with Gasteiger partial charge in [-0.05, 0) is 57.4 Å². The molecule has 2 rings (SSSR count). The highest BCUT2D eigenvalue weighted by molar-refractivity contribution is 9.10. The second-order valence-electron chi connectivity index (χ2n) is 4.85. The molecule has 0 aliphatic heterocycles. The van der Waals surface area contributed by atoms with E-state index in [-0.39, 0.29) is 11.5 Å². The first-order chi connectivity index (χ1) is 11.4. The molecule has 0 fully saturated rings. The van der Waals surface area contributed by atoms with Crippen LogP contribution < -0.4 is 5.32 Å². The van der Waals surface area contributed by atoms with Crippen LogP contribution in [0.25, 0.3) is 6.08 Å². The Morgan fingerprint density at radius 2 is 2.00 bits per heavy atom. The second-order valence-corrected chi connectivity index (χ2v) is 7.03. The Labute approximate surface area is 161 Å². The summed E-state index contributed by atoms with van der Waals surface area (Å²) in [6.07, 6.45) is 1.70. The Balaban J connectivity index is 2.12. The average molecular weight is 468 g/mol. The topological polar surface area (TPSA) is 76.3 Å². The molecule has 0 saturated carbocycles. The highest BCUT2D eigenvalue weighted by atomic mass is 79.9. The molecule has 4 nitrogen and oxygen atoms in total. The van der Waals surface area contributed by atoms with Crippen LogP contribution in [0.2, 0.25) is 0 Å². The first kappa shape index (κ1) is 18.5. The number of nitriles is 1. The molecule has 0 saturated heterocycles. The van der Waals surface area contributed by atoms with Crippen LogP contribution in [0.5, 0.6) is 11.5 Å². The minimum Gasteiger partial charge on any atom is -0.504 e. The van der Waals surface area contributed by atoms with E-state index >= 15 is 0 Å². The molecule has 0 amide bonds. The SMILES string of the molecule is N#CC(=Cc1cccc(Br)c1)C(=S)NCc1cc(O)c(O)c(Br)c1. The molecule has 0 aliphatic carbocycles. The third-order valence-corrected chi connectivity index (χ3v) is 4.54. The summed E-state index contributed by atoms with van der Waals surface area (Å²) in [5.41, 5.74) is 1.90. The van der Waals surface area contributed by atoms with E-state index in [1.807, 2.05) is 24.3 Å². The lowest BCUT2D eigenvalue weighted by molar-refractivity contribution is 0.401. The van der Waals surface area contributed by atoms with Gasteiger partial charge in [-0.2, -0.15) is 5.26 Å². The highest BCUT2D eigenvalue weighted by Crippen LogP contribution is 2.34. The molecular weight excluding hydrogens is 456 g/mol. The number of nitrogens with one attached hydrogen (secondary N) is 1. The summed E-state index contributed by atoms with van der Waals surface area (Å²) in [6, 6.07) is 12.7. The van der Waals surface area contributed by atoms with Crippen LogP contribution in [0.3, 0.4) is 0 Å². The van der Waals surface area contributed by atoms with Crippen LogP contribution in [0.1, 0.15) is 11.1 Å². The van der Waals surface area contributed by atoms with Crippen LogP contribution >= 0.6 is 44.1 Å². The van der Waals surface area contributed by atoms with Crippen molar-refractivity contribution in [3.05, 3.63) is 62.0 Å². The van der Waals surface area contributed by atoms with Gasteiger partial charge in [0.25, 0.3) is 0 Å². The third kappa shape index (κ3) is 4.81. The van der Waals surface area contributed by atoms with Crippen molar-refractivity contribution >= 4 is 55.1 Å². The fraction of sp³-hybridized carbons (Fsp3) is 0.0588. The molecule has 0 spiro atoms. The van der Waals surface area contributed by atoms with E-state index < -0.39 is 0 Å². The van der Waals surface area contributed by atoms with Gasteiger partial charge in [0.2, 0.25) is 0 Å². The van der Waals surface area contributed by atoms with Crippen molar-refractivity contribution in [3.63, 3.8) is 0 Å². The smallest absolute Gasteiger partial charge is 0.171 e. The average Bonchev–Trinajstić information content (AvgIpc) is 2.55. The quantitative estimate of drug-likeness (QED) is 0.264. The van der Waals surface area contributed by atoms with Crippen molar-refractivity contribution < 1.29 is 10.2 Å². The van der Waals surface area contributed by atoms with Crippen molar-refractivity contribution in [2.24, 2.45) is 0 Å². The molecule has 0 radical (unpaired) electrons. The van der Waals surface area contributed by atoms with Crippen molar-refractivity contribution in [1.82, 2.24) is 5.32 Å². The lowest BCUT2D eigenvalue weighted by Crippen LogP contribution is -2.22. The van der Waals surface area contributed by atoms with Gasteiger partial charge in [-0.25, -0.2) is 0 Å². The minimum absolute atomic E-state index is 0.214. The molecule has 0 bridgehead atoms. The maximum atomic E-state index is 9.61. The number of thiocarbonyl (C=S) groups is 1.